The van der Waals surface area contributed by atoms with E-state index in [1.165, 1.54) is 12.4 Å². The fourth-order valence-corrected chi connectivity index (χ4v) is 2.51. The minimum atomic E-state index is -0.363. The lowest BCUT2D eigenvalue weighted by atomic mass is 10.2. The number of hydrogen-bond donors (Lipinski definition) is 2. The summed E-state index contributed by atoms with van der Waals surface area (Å²) in [7, 11) is 1.58. The van der Waals surface area contributed by atoms with E-state index < -0.39 is 0 Å². The molecule has 0 radical (unpaired) electrons. The van der Waals surface area contributed by atoms with Crippen molar-refractivity contribution in [2.75, 3.05) is 17.7 Å². The SMILES string of the molecule is COc1ccc(NC(=O)c2cc(Nc3cccc(Cl)c3Cl)ncn2)cc1. The van der Waals surface area contributed by atoms with Gasteiger partial charge in [0.05, 0.1) is 22.8 Å². The van der Waals surface area contributed by atoms with Gasteiger partial charge in [0.15, 0.2) is 0 Å². The van der Waals surface area contributed by atoms with Gasteiger partial charge < -0.3 is 15.4 Å². The van der Waals surface area contributed by atoms with Gasteiger partial charge in [0, 0.05) is 11.8 Å². The lowest BCUT2D eigenvalue weighted by Gasteiger charge is -2.10. The summed E-state index contributed by atoms with van der Waals surface area (Å²) in [5.41, 5.74) is 1.41. The van der Waals surface area contributed by atoms with Crippen molar-refractivity contribution in [2.45, 2.75) is 0 Å². The van der Waals surface area contributed by atoms with Crippen LogP contribution >= 0.6 is 23.2 Å². The first kappa shape index (κ1) is 18.0. The van der Waals surface area contributed by atoms with E-state index in [1.54, 1.807) is 49.6 Å². The summed E-state index contributed by atoms with van der Waals surface area (Å²) in [6.07, 6.45) is 1.30. The summed E-state index contributed by atoms with van der Waals surface area (Å²) in [5.74, 6) is 0.761. The van der Waals surface area contributed by atoms with E-state index >= 15 is 0 Å². The summed E-state index contributed by atoms with van der Waals surface area (Å²) in [5, 5.41) is 6.58. The molecule has 1 aromatic heterocycles. The van der Waals surface area contributed by atoms with Crippen LogP contribution in [0.5, 0.6) is 5.75 Å². The minimum absolute atomic E-state index is 0.205. The molecule has 2 aromatic carbocycles. The predicted octanol–water partition coefficient (Wildman–Crippen LogP) is 4.79. The molecule has 0 bridgehead atoms. The van der Waals surface area contributed by atoms with Crippen LogP contribution in [-0.2, 0) is 0 Å². The summed E-state index contributed by atoms with van der Waals surface area (Å²) in [6.45, 7) is 0. The van der Waals surface area contributed by atoms with Crippen LogP contribution in [0.3, 0.4) is 0 Å². The molecule has 0 fully saturated rings. The first-order chi connectivity index (χ1) is 12.6. The second-order valence-electron chi connectivity index (χ2n) is 5.20. The maximum Gasteiger partial charge on any atom is 0.274 e. The number of rotatable bonds is 5. The molecule has 0 saturated carbocycles. The monoisotopic (exact) mass is 388 g/mol. The minimum Gasteiger partial charge on any atom is -0.497 e. The first-order valence-electron chi connectivity index (χ1n) is 7.55. The maximum absolute atomic E-state index is 12.4. The third-order valence-corrected chi connectivity index (χ3v) is 4.28. The molecule has 0 aliphatic rings. The van der Waals surface area contributed by atoms with E-state index in [0.29, 0.717) is 33.0 Å². The number of methoxy groups -OCH3 is 1. The molecule has 3 aromatic rings. The Morgan fingerprint density at radius 2 is 1.85 bits per heavy atom. The zero-order valence-electron chi connectivity index (χ0n) is 13.7. The highest BCUT2D eigenvalue weighted by molar-refractivity contribution is 6.43. The van der Waals surface area contributed by atoms with E-state index in [1.807, 2.05) is 0 Å². The van der Waals surface area contributed by atoms with Gasteiger partial charge in [0.25, 0.3) is 5.91 Å². The molecule has 2 N–H and O–H groups in total. The van der Waals surface area contributed by atoms with Crippen molar-refractivity contribution in [1.82, 2.24) is 9.97 Å². The van der Waals surface area contributed by atoms with Crippen LogP contribution in [0.15, 0.2) is 54.9 Å². The van der Waals surface area contributed by atoms with Crippen LogP contribution in [0, 0.1) is 0 Å². The second-order valence-corrected chi connectivity index (χ2v) is 5.98. The van der Waals surface area contributed by atoms with E-state index in [9.17, 15) is 4.79 Å². The molecule has 132 valence electrons. The number of carbonyl (C=O) groups excluding carboxylic acids is 1. The predicted molar refractivity (Wildman–Crippen MR) is 103 cm³/mol. The lowest BCUT2D eigenvalue weighted by Crippen LogP contribution is -2.14. The van der Waals surface area contributed by atoms with Gasteiger partial charge in [-0.2, -0.15) is 0 Å². The summed E-state index contributed by atoms with van der Waals surface area (Å²) < 4.78 is 5.09. The number of benzene rings is 2. The van der Waals surface area contributed by atoms with Gasteiger partial charge in [0.2, 0.25) is 0 Å². The fourth-order valence-electron chi connectivity index (χ4n) is 2.16. The summed E-state index contributed by atoms with van der Waals surface area (Å²) in [4.78, 5) is 20.5. The quantitative estimate of drug-likeness (QED) is 0.656. The Balaban J connectivity index is 1.75. The Hall–Kier alpha value is -2.83. The maximum atomic E-state index is 12.4. The Labute approximate surface area is 160 Å². The van der Waals surface area contributed by atoms with Crippen LogP contribution in [0.1, 0.15) is 10.5 Å². The molecule has 26 heavy (non-hydrogen) atoms. The third-order valence-electron chi connectivity index (χ3n) is 3.46. The Bertz CT molecular complexity index is 933. The highest BCUT2D eigenvalue weighted by atomic mass is 35.5. The van der Waals surface area contributed by atoms with Crippen LogP contribution in [-0.4, -0.2) is 23.0 Å². The van der Waals surface area contributed by atoms with E-state index in [2.05, 4.69) is 20.6 Å². The molecule has 6 nitrogen and oxygen atoms in total. The van der Waals surface area contributed by atoms with Crippen molar-refractivity contribution >= 4 is 46.3 Å². The first-order valence-corrected chi connectivity index (χ1v) is 8.31. The highest BCUT2D eigenvalue weighted by Gasteiger charge is 2.11. The molecule has 0 atom stereocenters. The Morgan fingerprint density at radius 1 is 1.08 bits per heavy atom. The van der Waals surface area contributed by atoms with Crippen molar-refractivity contribution in [3.63, 3.8) is 0 Å². The molecular formula is C18H14Cl2N4O2. The zero-order valence-corrected chi connectivity index (χ0v) is 15.2. The molecule has 0 aliphatic carbocycles. The lowest BCUT2D eigenvalue weighted by molar-refractivity contribution is 0.102. The van der Waals surface area contributed by atoms with Crippen LogP contribution in [0.25, 0.3) is 0 Å². The average Bonchev–Trinajstić information content (AvgIpc) is 2.66. The largest absolute Gasteiger partial charge is 0.497 e. The van der Waals surface area contributed by atoms with Crippen LogP contribution < -0.4 is 15.4 Å². The molecule has 0 saturated heterocycles. The number of nitrogens with zero attached hydrogens (tertiary/aromatic N) is 2. The van der Waals surface area contributed by atoms with Gasteiger partial charge in [-0.25, -0.2) is 9.97 Å². The van der Waals surface area contributed by atoms with Crippen LogP contribution in [0.2, 0.25) is 10.0 Å². The second kappa shape index (κ2) is 8.03. The molecule has 0 spiro atoms. The number of anilines is 3. The molecule has 0 unspecified atom stereocenters. The van der Waals surface area contributed by atoms with Crippen LogP contribution in [0.4, 0.5) is 17.2 Å². The standard InChI is InChI=1S/C18H14Cl2N4O2/c1-26-12-7-5-11(6-8-12)23-18(25)15-9-16(22-10-21-15)24-14-4-2-3-13(19)17(14)20/h2-10H,1H3,(H,23,25)(H,21,22,24). The van der Waals surface area contributed by atoms with Crippen molar-refractivity contribution in [3.05, 3.63) is 70.6 Å². The van der Waals surface area contributed by atoms with Gasteiger partial charge in [-0.3, -0.25) is 4.79 Å². The van der Waals surface area contributed by atoms with Crippen molar-refractivity contribution in [1.29, 1.82) is 0 Å². The van der Waals surface area contributed by atoms with Crippen molar-refractivity contribution in [2.24, 2.45) is 0 Å². The summed E-state index contributed by atoms with van der Waals surface area (Å²) >= 11 is 12.1. The Morgan fingerprint density at radius 3 is 2.58 bits per heavy atom. The number of ether oxygens (including phenoxy) is 1. The number of carbonyl (C=O) groups is 1. The topological polar surface area (TPSA) is 76.1 Å². The fraction of sp³-hybridized carbons (Fsp3) is 0.0556. The molecule has 3 rings (SSSR count). The molecule has 0 aliphatic heterocycles. The molecule has 8 heteroatoms. The van der Waals surface area contributed by atoms with E-state index in [0.717, 1.165) is 0 Å². The molecular weight excluding hydrogens is 375 g/mol. The Kier molecular flexibility index (Phi) is 5.55. The van der Waals surface area contributed by atoms with E-state index in [4.69, 9.17) is 27.9 Å². The number of aromatic nitrogens is 2. The molecule has 1 heterocycles. The number of hydrogen-bond acceptors (Lipinski definition) is 5. The van der Waals surface area contributed by atoms with Crippen molar-refractivity contribution in [3.8, 4) is 5.75 Å². The van der Waals surface area contributed by atoms with Gasteiger partial charge in [-0.1, -0.05) is 29.3 Å². The van der Waals surface area contributed by atoms with Gasteiger partial charge in [0.1, 0.15) is 23.6 Å². The van der Waals surface area contributed by atoms with Crippen molar-refractivity contribution < 1.29 is 9.53 Å². The number of halogens is 2. The van der Waals surface area contributed by atoms with Gasteiger partial charge >= 0.3 is 0 Å². The smallest absolute Gasteiger partial charge is 0.274 e. The third kappa shape index (κ3) is 4.22. The average molecular weight is 389 g/mol. The normalized spacial score (nSPS) is 10.3. The number of nitrogens with one attached hydrogen (secondary N) is 2. The zero-order chi connectivity index (χ0) is 18.5. The summed E-state index contributed by atoms with van der Waals surface area (Å²) in [6, 6.07) is 13.7. The van der Waals surface area contributed by atoms with Gasteiger partial charge in [-0.05, 0) is 36.4 Å². The molecule has 1 amide bonds. The number of amides is 1. The van der Waals surface area contributed by atoms with Gasteiger partial charge in [-0.15, -0.1) is 0 Å². The van der Waals surface area contributed by atoms with E-state index in [-0.39, 0.29) is 11.6 Å². The highest BCUT2D eigenvalue weighted by Crippen LogP contribution is 2.31.